The number of urea groups is 1. The number of rotatable bonds is 3. The molecular weight excluding hydrogens is 310 g/mol. The van der Waals surface area contributed by atoms with Crippen LogP contribution in [-0.4, -0.2) is 65.1 Å². The molecule has 0 saturated carbocycles. The molecule has 0 radical (unpaired) electrons. The summed E-state index contributed by atoms with van der Waals surface area (Å²) in [5.74, 6) is 1.46. The summed E-state index contributed by atoms with van der Waals surface area (Å²) >= 11 is 0. The third-order valence-corrected chi connectivity index (χ3v) is 4.80. The molecule has 1 aromatic rings. The van der Waals surface area contributed by atoms with E-state index in [9.17, 15) is 9.59 Å². The number of carbonyl (C=O) groups is 2. The maximum absolute atomic E-state index is 12.5. The normalized spacial score (nSPS) is 23.4. The van der Waals surface area contributed by atoms with E-state index in [-0.39, 0.29) is 30.8 Å². The van der Waals surface area contributed by atoms with Crippen molar-refractivity contribution in [1.82, 2.24) is 14.7 Å². The first-order valence-electron chi connectivity index (χ1n) is 8.29. The fourth-order valence-electron chi connectivity index (χ4n) is 3.59. The average Bonchev–Trinajstić information content (AvgIpc) is 3.10. The van der Waals surface area contributed by atoms with Gasteiger partial charge in [-0.15, -0.1) is 0 Å². The van der Waals surface area contributed by atoms with Gasteiger partial charge in [-0.3, -0.25) is 14.6 Å². The Kier molecular flexibility index (Phi) is 3.60. The van der Waals surface area contributed by atoms with Crippen LogP contribution in [0.3, 0.4) is 0 Å². The third-order valence-electron chi connectivity index (χ3n) is 4.80. The van der Waals surface area contributed by atoms with E-state index in [1.54, 1.807) is 4.90 Å². The van der Waals surface area contributed by atoms with Crippen molar-refractivity contribution in [3.8, 4) is 11.5 Å². The van der Waals surface area contributed by atoms with Crippen molar-refractivity contribution in [3.63, 3.8) is 0 Å². The first-order valence-corrected chi connectivity index (χ1v) is 8.29. The Hall–Kier alpha value is -2.28. The van der Waals surface area contributed by atoms with Gasteiger partial charge in [0.2, 0.25) is 6.79 Å². The van der Waals surface area contributed by atoms with Gasteiger partial charge in [-0.2, -0.15) is 0 Å². The predicted octanol–water partition coefficient (Wildman–Crippen LogP) is 1.27. The fourth-order valence-corrected chi connectivity index (χ4v) is 3.59. The summed E-state index contributed by atoms with van der Waals surface area (Å²) in [5.41, 5.74) is 1.12. The Balaban J connectivity index is 1.46. The molecule has 7 nitrogen and oxygen atoms in total. The summed E-state index contributed by atoms with van der Waals surface area (Å²) < 4.78 is 10.7. The molecule has 3 aliphatic rings. The molecule has 0 aliphatic carbocycles. The first kappa shape index (κ1) is 15.3. The molecule has 1 aromatic carbocycles. The number of ether oxygens (including phenoxy) is 2. The number of benzene rings is 1. The van der Waals surface area contributed by atoms with Gasteiger partial charge in [0.25, 0.3) is 5.91 Å². The molecule has 4 rings (SSSR count). The Morgan fingerprint density at radius 3 is 2.75 bits per heavy atom. The maximum atomic E-state index is 12.5. The molecule has 3 aliphatic heterocycles. The van der Waals surface area contributed by atoms with Gasteiger partial charge in [0.05, 0.1) is 0 Å². The van der Waals surface area contributed by atoms with E-state index in [2.05, 4.69) is 4.90 Å². The second-order valence-electron chi connectivity index (χ2n) is 6.72. The van der Waals surface area contributed by atoms with Gasteiger partial charge in [0.15, 0.2) is 11.5 Å². The van der Waals surface area contributed by atoms with Crippen LogP contribution in [0.1, 0.15) is 19.4 Å². The summed E-state index contributed by atoms with van der Waals surface area (Å²) in [6.45, 7) is 6.66. The second kappa shape index (κ2) is 5.66. The lowest BCUT2D eigenvalue weighted by Gasteiger charge is -2.35. The third kappa shape index (κ3) is 2.39. The quantitative estimate of drug-likeness (QED) is 0.781. The van der Waals surface area contributed by atoms with Crippen molar-refractivity contribution in [2.75, 3.05) is 26.4 Å². The molecule has 3 heterocycles. The highest BCUT2D eigenvalue weighted by molar-refractivity contribution is 6.04. The molecule has 2 fully saturated rings. The van der Waals surface area contributed by atoms with E-state index in [4.69, 9.17) is 9.47 Å². The zero-order valence-electron chi connectivity index (χ0n) is 13.9. The minimum atomic E-state index is -0.359. The zero-order chi connectivity index (χ0) is 16.8. The largest absolute Gasteiger partial charge is 0.454 e. The van der Waals surface area contributed by atoms with E-state index in [0.29, 0.717) is 13.1 Å². The predicted molar refractivity (Wildman–Crippen MR) is 85.7 cm³/mol. The van der Waals surface area contributed by atoms with Crippen molar-refractivity contribution >= 4 is 11.9 Å². The Morgan fingerprint density at radius 2 is 1.96 bits per heavy atom. The molecule has 3 amide bonds. The van der Waals surface area contributed by atoms with Gasteiger partial charge in [0, 0.05) is 32.2 Å². The number of fused-ring (bicyclic) bond motifs is 2. The van der Waals surface area contributed by atoms with Gasteiger partial charge in [-0.1, -0.05) is 6.07 Å². The number of imide groups is 1. The Labute approximate surface area is 140 Å². The summed E-state index contributed by atoms with van der Waals surface area (Å²) in [4.78, 5) is 30.2. The van der Waals surface area contributed by atoms with Gasteiger partial charge in [-0.05, 0) is 31.5 Å². The molecule has 1 unspecified atom stereocenters. The van der Waals surface area contributed by atoms with Crippen molar-refractivity contribution in [2.45, 2.75) is 32.5 Å². The highest BCUT2D eigenvalue weighted by atomic mass is 16.7. The van der Waals surface area contributed by atoms with Crippen molar-refractivity contribution in [1.29, 1.82) is 0 Å². The van der Waals surface area contributed by atoms with Crippen LogP contribution < -0.4 is 9.47 Å². The van der Waals surface area contributed by atoms with Crippen LogP contribution in [0.2, 0.25) is 0 Å². The number of hydrogen-bond donors (Lipinski definition) is 0. The van der Waals surface area contributed by atoms with E-state index in [0.717, 1.165) is 30.2 Å². The van der Waals surface area contributed by atoms with Crippen LogP contribution in [-0.2, 0) is 11.3 Å². The lowest BCUT2D eigenvalue weighted by atomic mass is 10.1. The molecule has 0 bridgehead atoms. The van der Waals surface area contributed by atoms with Gasteiger partial charge < -0.3 is 14.4 Å². The standard InChI is InChI=1S/C17H21N3O4/c1-11(2)20-16(21)13-9-18(5-6-19(13)17(20)22)8-12-3-4-14-15(7-12)24-10-23-14/h3-4,7,11,13H,5-6,8-10H2,1-2H3. The maximum Gasteiger partial charge on any atom is 0.327 e. The van der Waals surface area contributed by atoms with Crippen LogP contribution in [0.5, 0.6) is 11.5 Å². The van der Waals surface area contributed by atoms with Crippen LogP contribution >= 0.6 is 0 Å². The Bertz CT molecular complexity index is 690. The number of nitrogens with zero attached hydrogens (tertiary/aromatic N) is 3. The lowest BCUT2D eigenvalue weighted by Crippen LogP contribution is -2.52. The highest BCUT2D eigenvalue weighted by Gasteiger charge is 2.48. The SMILES string of the molecule is CC(C)N1C(=O)C2CN(Cc3ccc4c(c3)OCO4)CCN2C1=O. The number of carbonyl (C=O) groups excluding carboxylic acids is 2. The zero-order valence-corrected chi connectivity index (χ0v) is 13.9. The summed E-state index contributed by atoms with van der Waals surface area (Å²) in [7, 11) is 0. The van der Waals surface area contributed by atoms with E-state index in [1.807, 2.05) is 32.0 Å². The molecule has 1 atom stereocenters. The molecule has 2 saturated heterocycles. The molecule has 0 N–H and O–H groups in total. The van der Waals surface area contributed by atoms with Gasteiger partial charge in [0.1, 0.15) is 6.04 Å². The second-order valence-corrected chi connectivity index (χ2v) is 6.72. The van der Waals surface area contributed by atoms with E-state index >= 15 is 0 Å². The first-order chi connectivity index (χ1) is 11.5. The average molecular weight is 331 g/mol. The van der Waals surface area contributed by atoms with Gasteiger partial charge in [-0.25, -0.2) is 4.79 Å². The number of hydrogen-bond acceptors (Lipinski definition) is 5. The molecular formula is C17H21N3O4. The molecule has 0 spiro atoms. The molecule has 0 aromatic heterocycles. The molecule has 24 heavy (non-hydrogen) atoms. The summed E-state index contributed by atoms with van der Waals surface area (Å²) in [6.07, 6.45) is 0. The van der Waals surface area contributed by atoms with Crippen LogP contribution in [0.15, 0.2) is 18.2 Å². The summed E-state index contributed by atoms with van der Waals surface area (Å²) in [5, 5.41) is 0. The van der Waals surface area contributed by atoms with E-state index in [1.165, 1.54) is 4.90 Å². The van der Waals surface area contributed by atoms with Crippen molar-refractivity contribution in [2.24, 2.45) is 0 Å². The smallest absolute Gasteiger partial charge is 0.327 e. The van der Waals surface area contributed by atoms with E-state index < -0.39 is 0 Å². The minimum absolute atomic E-state index is 0.0783. The topological polar surface area (TPSA) is 62.3 Å². The number of amides is 3. The monoisotopic (exact) mass is 331 g/mol. The van der Waals surface area contributed by atoms with Gasteiger partial charge >= 0.3 is 6.03 Å². The van der Waals surface area contributed by atoms with Crippen molar-refractivity contribution in [3.05, 3.63) is 23.8 Å². The lowest BCUT2D eigenvalue weighted by molar-refractivity contribution is -0.130. The molecule has 128 valence electrons. The van der Waals surface area contributed by atoms with Crippen LogP contribution in [0.4, 0.5) is 4.79 Å². The summed E-state index contributed by atoms with van der Waals surface area (Å²) in [6, 6.07) is 5.31. The number of piperazine rings is 1. The van der Waals surface area contributed by atoms with Crippen LogP contribution in [0, 0.1) is 0 Å². The Morgan fingerprint density at radius 1 is 1.17 bits per heavy atom. The van der Waals surface area contributed by atoms with Crippen molar-refractivity contribution < 1.29 is 19.1 Å². The molecule has 7 heteroatoms. The minimum Gasteiger partial charge on any atom is -0.454 e. The van der Waals surface area contributed by atoms with Crippen LogP contribution in [0.25, 0.3) is 0 Å². The fraction of sp³-hybridized carbons (Fsp3) is 0.529. The highest BCUT2D eigenvalue weighted by Crippen LogP contribution is 2.33.